The summed E-state index contributed by atoms with van der Waals surface area (Å²) in [5.41, 5.74) is 2.50. The van der Waals surface area contributed by atoms with Crippen molar-refractivity contribution in [2.75, 3.05) is 17.3 Å². The van der Waals surface area contributed by atoms with E-state index in [2.05, 4.69) is 39.2 Å². The zero-order chi connectivity index (χ0) is 19.5. The van der Waals surface area contributed by atoms with Crippen molar-refractivity contribution < 1.29 is 4.79 Å². The maximum atomic E-state index is 12.4. The van der Waals surface area contributed by atoms with Gasteiger partial charge in [-0.15, -0.1) is 11.3 Å². The number of fused-ring (bicyclic) bond motifs is 1. The topological polar surface area (TPSA) is 58.1 Å². The van der Waals surface area contributed by atoms with E-state index in [9.17, 15) is 4.79 Å². The first-order chi connectivity index (χ1) is 13.6. The van der Waals surface area contributed by atoms with Gasteiger partial charge in [0.05, 0.1) is 11.4 Å². The van der Waals surface area contributed by atoms with Crippen molar-refractivity contribution in [3.05, 3.63) is 83.5 Å². The first kappa shape index (κ1) is 18.1. The monoisotopic (exact) mass is 388 g/mol. The Balaban J connectivity index is 1.56. The minimum Gasteiger partial charge on any atom is -0.352 e. The number of hydrogen-bond donors (Lipinski definition) is 1. The Morgan fingerprint density at radius 1 is 1.07 bits per heavy atom. The van der Waals surface area contributed by atoms with Gasteiger partial charge in [-0.2, -0.15) is 0 Å². The molecular weight excluding hydrogens is 368 g/mol. The number of rotatable bonds is 5. The number of carbonyl (C=O) groups excluding carboxylic acids is 1. The molecular formula is C22H20N4OS. The zero-order valence-corrected chi connectivity index (χ0v) is 16.5. The van der Waals surface area contributed by atoms with Crippen molar-refractivity contribution in [2.45, 2.75) is 13.0 Å². The van der Waals surface area contributed by atoms with Crippen LogP contribution in [0.25, 0.3) is 10.2 Å². The van der Waals surface area contributed by atoms with Gasteiger partial charge in [0.15, 0.2) is 0 Å². The Kier molecular flexibility index (Phi) is 5.04. The standard InChI is InChI=1S/C22H20N4OS/c1-15(26(2)20-19-11-12-28-22(19)24-14-23-20)17-9-6-10-18(13-17)25-21(27)16-7-4-3-5-8-16/h3-15H,1-2H3,(H,25,27)/t15-/m1/s1. The van der Waals surface area contributed by atoms with Crippen LogP contribution in [0.4, 0.5) is 11.5 Å². The number of thiophene rings is 1. The Morgan fingerprint density at radius 2 is 1.89 bits per heavy atom. The highest BCUT2D eigenvalue weighted by molar-refractivity contribution is 7.16. The molecule has 0 fully saturated rings. The van der Waals surface area contributed by atoms with Gasteiger partial charge in [0.1, 0.15) is 17.0 Å². The second kappa shape index (κ2) is 7.78. The summed E-state index contributed by atoms with van der Waals surface area (Å²) in [5, 5.41) is 6.06. The molecule has 1 amide bonds. The number of hydrogen-bond acceptors (Lipinski definition) is 5. The predicted octanol–water partition coefficient (Wildman–Crippen LogP) is 5.14. The third-order valence-corrected chi connectivity index (χ3v) is 5.64. The molecule has 0 bridgehead atoms. The number of anilines is 2. The van der Waals surface area contributed by atoms with E-state index in [0.717, 1.165) is 27.3 Å². The smallest absolute Gasteiger partial charge is 0.255 e. The van der Waals surface area contributed by atoms with Gasteiger partial charge in [-0.05, 0) is 48.2 Å². The quantitative estimate of drug-likeness (QED) is 0.514. The van der Waals surface area contributed by atoms with Gasteiger partial charge in [-0.1, -0.05) is 30.3 Å². The number of carbonyl (C=O) groups is 1. The molecule has 5 nitrogen and oxygen atoms in total. The Morgan fingerprint density at radius 3 is 2.71 bits per heavy atom. The molecule has 140 valence electrons. The van der Waals surface area contributed by atoms with Crippen molar-refractivity contribution in [1.29, 1.82) is 0 Å². The first-order valence-electron chi connectivity index (χ1n) is 9.01. The van der Waals surface area contributed by atoms with Gasteiger partial charge in [-0.3, -0.25) is 4.79 Å². The molecule has 0 spiro atoms. The lowest BCUT2D eigenvalue weighted by molar-refractivity contribution is 0.102. The summed E-state index contributed by atoms with van der Waals surface area (Å²) in [4.78, 5) is 24.4. The molecule has 0 aliphatic rings. The summed E-state index contributed by atoms with van der Waals surface area (Å²) < 4.78 is 0. The number of benzene rings is 2. The van der Waals surface area contributed by atoms with Crippen molar-refractivity contribution >= 4 is 39.0 Å². The van der Waals surface area contributed by atoms with E-state index in [4.69, 9.17) is 0 Å². The van der Waals surface area contributed by atoms with E-state index >= 15 is 0 Å². The minimum absolute atomic E-state index is 0.0755. The average Bonchev–Trinajstić information content (AvgIpc) is 3.22. The van der Waals surface area contributed by atoms with Gasteiger partial charge in [-0.25, -0.2) is 9.97 Å². The third-order valence-electron chi connectivity index (χ3n) is 4.82. The lowest BCUT2D eigenvalue weighted by atomic mass is 10.1. The van der Waals surface area contributed by atoms with Crippen molar-refractivity contribution in [3.63, 3.8) is 0 Å². The number of amides is 1. The van der Waals surface area contributed by atoms with Crippen LogP contribution in [0, 0.1) is 0 Å². The molecule has 0 saturated carbocycles. The van der Waals surface area contributed by atoms with Crippen LogP contribution in [0.1, 0.15) is 28.9 Å². The molecule has 1 N–H and O–H groups in total. The highest BCUT2D eigenvalue weighted by atomic mass is 32.1. The van der Waals surface area contributed by atoms with Crippen molar-refractivity contribution in [3.8, 4) is 0 Å². The highest BCUT2D eigenvalue weighted by Gasteiger charge is 2.17. The Bertz CT molecular complexity index is 1110. The van der Waals surface area contributed by atoms with Crippen LogP contribution in [0.2, 0.25) is 0 Å². The Labute approximate surface area is 167 Å². The molecule has 4 rings (SSSR count). The summed E-state index contributed by atoms with van der Waals surface area (Å²) >= 11 is 1.61. The van der Waals surface area contributed by atoms with Crippen LogP contribution in [-0.2, 0) is 0 Å². The van der Waals surface area contributed by atoms with E-state index in [-0.39, 0.29) is 11.9 Å². The van der Waals surface area contributed by atoms with E-state index < -0.39 is 0 Å². The first-order valence-corrected chi connectivity index (χ1v) is 9.89. The van der Waals surface area contributed by atoms with Crippen LogP contribution in [0.3, 0.4) is 0 Å². The highest BCUT2D eigenvalue weighted by Crippen LogP contribution is 2.31. The summed E-state index contributed by atoms with van der Waals surface area (Å²) in [6, 6.07) is 19.3. The molecule has 28 heavy (non-hydrogen) atoms. The largest absolute Gasteiger partial charge is 0.352 e. The molecule has 0 saturated heterocycles. The van der Waals surface area contributed by atoms with Gasteiger partial charge in [0, 0.05) is 18.3 Å². The fourth-order valence-electron chi connectivity index (χ4n) is 3.13. The molecule has 0 aliphatic carbocycles. The van der Waals surface area contributed by atoms with Crippen LogP contribution >= 0.6 is 11.3 Å². The summed E-state index contributed by atoms with van der Waals surface area (Å²) in [7, 11) is 2.03. The summed E-state index contributed by atoms with van der Waals surface area (Å²) in [5.74, 6) is 0.784. The van der Waals surface area contributed by atoms with E-state index in [1.54, 1.807) is 29.8 Å². The van der Waals surface area contributed by atoms with Crippen LogP contribution in [0.15, 0.2) is 72.4 Å². The molecule has 2 aromatic carbocycles. The van der Waals surface area contributed by atoms with Gasteiger partial charge in [0.2, 0.25) is 0 Å². The van der Waals surface area contributed by atoms with Gasteiger partial charge in [0.25, 0.3) is 5.91 Å². The summed E-state index contributed by atoms with van der Waals surface area (Å²) in [6.45, 7) is 2.12. The van der Waals surface area contributed by atoms with Crippen LogP contribution in [0.5, 0.6) is 0 Å². The van der Waals surface area contributed by atoms with Crippen molar-refractivity contribution in [2.24, 2.45) is 0 Å². The lowest BCUT2D eigenvalue weighted by Crippen LogP contribution is -2.23. The molecule has 4 aromatic rings. The minimum atomic E-state index is -0.116. The zero-order valence-electron chi connectivity index (χ0n) is 15.7. The molecule has 1 atom stereocenters. The molecule has 0 radical (unpaired) electrons. The average molecular weight is 388 g/mol. The lowest BCUT2D eigenvalue weighted by Gasteiger charge is -2.27. The van der Waals surface area contributed by atoms with E-state index in [1.165, 1.54) is 0 Å². The molecule has 0 aliphatic heterocycles. The van der Waals surface area contributed by atoms with E-state index in [0.29, 0.717) is 5.56 Å². The molecule has 6 heteroatoms. The second-order valence-corrected chi connectivity index (χ2v) is 7.46. The second-order valence-electron chi connectivity index (χ2n) is 6.57. The number of nitrogens with one attached hydrogen (secondary N) is 1. The number of aromatic nitrogens is 2. The normalized spacial score (nSPS) is 11.9. The number of nitrogens with zero attached hydrogens (tertiary/aromatic N) is 3. The predicted molar refractivity (Wildman–Crippen MR) is 115 cm³/mol. The van der Waals surface area contributed by atoms with Gasteiger partial charge < -0.3 is 10.2 Å². The SMILES string of the molecule is C[C@H](c1cccc(NC(=O)c2ccccc2)c1)N(C)c1ncnc2sccc12. The molecule has 2 aromatic heterocycles. The fraction of sp³-hybridized carbons (Fsp3) is 0.136. The fourth-order valence-corrected chi connectivity index (χ4v) is 3.86. The van der Waals surface area contributed by atoms with Crippen LogP contribution < -0.4 is 10.2 Å². The molecule has 0 unspecified atom stereocenters. The maximum Gasteiger partial charge on any atom is 0.255 e. The Hall–Kier alpha value is -3.25. The summed E-state index contributed by atoms with van der Waals surface area (Å²) in [6.07, 6.45) is 1.61. The van der Waals surface area contributed by atoms with Crippen LogP contribution in [-0.4, -0.2) is 22.9 Å². The molecule has 2 heterocycles. The van der Waals surface area contributed by atoms with Crippen molar-refractivity contribution in [1.82, 2.24) is 9.97 Å². The van der Waals surface area contributed by atoms with E-state index in [1.807, 2.05) is 48.8 Å². The maximum absolute atomic E-state index is 12.4. The third kappa shape index (κ3) is 3.59. The van der Waals surface area contributed by atoms with Gasteiger partial charge >= 0.3 is 0 Å².